The van der Waals surface area contributed by atoms with E-state index in [2.05, 4.69) is 19.2 Å². The number of rotatable bonds is 5. The van der Waals surface area contributed by atoms with E-state index >= 15 is 0 Å². The molecule has 112 valence electrons. The van der Waals surface area contributed by atoms with Gasteiger partial charge >= 0.3 is 6.18 Å². The van der Waals surface area contributed by atoms with Gasteiger partial charge in [-0.1, -0.05) is 38.5 Å². The lowest BCUT2D eigenvalue weighted by Gasteiger charge is -2.46. The third-order valence-corrected chi connectivity index (χ3v) is 4.34. The highest BCUT2D eigenvalue weighted by Crippen LogP contribution is 2.48. The van der Waals surface area contributed by atoms with Crippen LogP contribution < -0.4 is 5.32 Å². The zero-order valence-corrected chi connectivity index (χ0v) is 12.0. The number of benzene rings is 1. The van der Waals surface area contributed by atoms with Gasteiger partial charge in [-0.15, -0.1) is 0 Å². The lowest BCUT2D eigenvalue weighted by molar-refractivity contribution is -0.138. The first-order valence-corrected chi connectivity index (χ1v) is 7.38. The van der Waals surface area contributed by atoms with E-state index in [1.165, 1.54) is 12.1 Å². The van der Waals surface area contributed by atoms with Crippen molar-refractivity contribution in [3.63, 3.8) is 0 Å². The molecule has 1 N–H and O–H groups in total. The van der Waals surface area contributed by atoms with Gasteiger partial charge < -0.3 is 5.32 Å². The first-order valence-electron chi connectivity index (χ1n) is 7.38. The smallest absolute Gasteiger partial charge is 0.314 e. The van der Waals surface area contributed by atoms with Gasteiger partial charge in [0.1, 0.15) is 0 Å². The topological polar surface area (TPSA) is 12.0 Å². The first-order chi connectivity index (χ1) is 9.49. The van der Waals surface area contributed by atoms with Crippen LogP contribution in [0.5, 0.6) is 0 Å². The van der Waals surface area contributed by atoms with E-state index in [9.17, 15) is 13.2 Å². The average molecular weight is 285 g/mol. The van der Waals surface area contributed by atoms with Crippen molar-refractivity contribution in [1.82, 2.24) is 5.32 Å². The highest BCUT2D eigenvalue weighted by Gasteiger charge is 2.44. The summed E-state index contributed by atoms with van der Waals surface area (Å²) in [4.78, 5) is 0. The lowest BCUT2D eigenvalue weighted by Crippen LogP contribution is -2.49. The van der Waals surface area contributed by atoms with Crippen LogP contribution in [-0.2, 0) is 6.18 Å². The molecule has 1 aliphatic carbocycles. The van der Waals surface area contributed by atoms with Gasteiger partial charge in [0.15, 0.2) is 0 Å². The van der Waals surface area contributed by atoms with Crippen LogP contribution in [0.4, 0.5) is 13.2 Å². The van der Waals surface area contributed by atoms with Crippen LogP contribution >= 0.6 is 0 Å². The maximum Gasteiger partial charge on any atom is 0.416 e. The number of hydrogen-bond acceptors (Lipinski definition) is 1. The Balaban J connectivity index is 2.17. The largest absolute Gasteiger partial charge is 0.416 e. The van der Waals surface area contributed by atoms with Crippen molar-refractivity contribution in [3.05, 3.63) is 35.4 Å². The molecule has 0 heterocycles. The molecule has 0 aliphatic heterocycles. The van der Waals surface area contributed by atoms with E-state index in [4.69, 9.17) is 0 Å². The molecule has 1 aliphatic rings. The molecule has 1 aromatic rings. The van der Waals surface area contributed by atoms with Gasteiger partial charge in [0.2, 0.25) is 0 Å². The molecule has 3 unspecified atom stereocenters. The van der Waals surface area contributed by atoms with Crippen LogP contribution in [0.25, 0.3) is 0 Å². The summed E-state index contributed by atoms with van der Waals surface area (Å²) in [5.74, 6) is 0.345. The van der Waals surface area contributed by atoms with E-state index in [1.54, 1.807) is 12.1 Å². The summed E-state index contributed by atoms with van der Waals surface area (Å²) in [6, 6.07) is 6.40. The van der Waals surface area contributed by atoms with Crippen molar-refractivity contribution in [2.45, 2.75) is 51.2 Å². The average Bonchev–Trinajstić information content (AvgIpc) is 2.37. The van der Waals surface area contributed by atoms with Crippen molar-refractivity contribution in [3.8, 4) is 0 Å². The number of hydrogen-bond donors (Lipinski definition) is 1. The van der Waals surface area contributed by atoms with Crippen LogP contribution in [0, 0.1) is 5.92 Å². The fraction of sp³-hybridized carbons (Fsp3) is 0.625. The molecule has 1 aromatic carbocycles. The van der Waals surface area contributed by atoms with Gasteiger partial charge in [-0.05, 0) is 42.9 Å². The Labute approximate surface area is 118 Å². The Kier molecular flexibility index (Phi) is 4.74. The second-order valence-corrected chi connectivity index (χ2v) is 5.56. The predicted molar refractivity (Wildman–Crippen MR) is 74.7 cm³/mol. The molecule has 20 heavy (non-hydrogen) atoms. The molecule has 0 amide bonds. The summed E-state index contributed by atoms with van der Waals surface area (Å²) in [5, 5.41) is 3.45. The molecule has 2 rings (SSSR count). The van der Waals surface area contributed by atoms with Crippen LogP contribution in [0.3, 0.4) is 0 Å². The molecule has 3 atom stereocenters. The second kappa shape index (κ2) is 6.17. The standard InChI is InChI=1S/C16H22F3N/c1-3-9-20-15-10-13(11(15)4-2)12-7-5-6-8-14(12)16(17,18)19/h5-8,11,13,15,20H,3-4,9-10H2,1-2H3. The first kappa shape index (κ1) is 15.4. The van der Waals surface area contributed by atoms with Gasteiger partial charge in [-0.25, -0.2) is 0 Å². The van der Waals surface area contributed by atoms with Gasteiger partial charge in [-0.2, -0.15) is 13.2 Å². The second-order valence-electron chi connectivity index (χ2n) is 5.56. The van der Waals surface area contributed by atoms with E-state index in [-0.39, 0.29) is 5.92 Å². The quantitative estimate of drug-likeness (QED) is 0.834. The summed E-state index contributed by atoms with van der Waals surface area (Å²) in [6.07, 6.45) is -1.47. The van der Waals surface area contributed by atoms with Gasteiger partial charge in [0.25, 0.3) is 0 Å². The molecule has 1 nitrogen and oxygen atoms in total. The lowest BCUT2D eigenvalue weighted by atomic mass is 9.64. The molecule has 0 spiro atoms. The minimum absolute atomic E-state index is 0.0344. The molecule has 1 fully saturated rings. The SMILES string of the molecule is CCCNC1CC(c2ccccc2C(F)(F)F)C1CC. The van der Waals surface area contributed by atoms with E-state index < -0.39 is 11.7 Å². The third-order valence-electron chi connectivity index (χ3n) is 4.34. The highest BCUT2D eigenvalue weighted by molar-refractivity contribution is 5.35. The maximum atomic E-state index is 13.1. The highest BCUT2D eigenvalue weighted by atomic mass is 19.4. The molecule has 0 saturated heterocycles. The maximum absolute atomic E-state index is 13.1. The van der Waals surface area contributed by atoms with Crippen molar-refractivity contribution in [2.24, 2.45) is 5.92 Å². The zero-order chi connectivity index (χ0) is 14.8. The zero-order valence-electron chi connectivity index (χ0n) is 12.0. The molecule has 0 bridgehead atoms. The molecule has 1 saturated carbocycles. The van der Waals surface area contributed by atoms with E-state index in [1.807, 2.05) is 0 Å². The van der Waals surface area contributed by atoms with Crippen LogP contribution in [0.15, 0.2) is 24.3 Å². The fourth-order valence-corrected chi connectivity index (χ4v) is 3.28. The van der Waals surface area contributed by atoms with Crippen molar-refractivity contribution >= 4 is 0 Å². The summed E-state index contributed by atoms with van der Waals surface area (Å²) in [7, 11) is 0. The summed E-state index contributed by atoms with van der Waals surface area (Å²) < 4.78 is 39.3. The van der Waals surface area contributed by atoms with Gasteiger partial charge in [0.05, 0.1) is 5.56 Å². The Bertz CT molecular complexity index is 442. The summed E-state index contributed by atoms with van der Waals surface area (Å²) in [6.45, 7) is 5.10. The predicted octanol–water partition coefficient (Wildman–Crippen LogP) is 4.59. The number of nitrogens with one attached hydrogen (secondary N) is 1. The summed E-state index contributed by atoms with van der Waals surface area (Å²) in [5.41, 5.74) is 0.0128. The van der Waals surface area contributed by atoms with Crippen LogP contribution in [-0.4, -0.2) is 12.6 Å². The normalized spacial score (nSPS) is 26.4. The van der Waals surface area contributed by atoms with E-state index in [0.717, 1.165) is 25.8 Å². The van der Waals surface area contributed by atoms with Crippen molar-refractivity contribution < 1.29 is 13.2 Å². The molecular weight excluding hydrogens is 263 g/mol. The molecular formula is C16H22F3N. The van der Waals surface area contributed by atoms with Gasteiger partial charge in [-0.3, -0.25) is 0 Å². The van der Waals surface area contributed by atoms with E-state index in [0.29, 0.717) is 17.5 Å². The van der Waals surface area contributed by atoms with Crippen molar-refractivity contribution in [1.29, 1.82) is 0 Å². The van der Waals surface area contributed by atoms with Gasteiger partial charge in [0, 0.05) is 6.04 Å². The minimum atomic E-state index is -4.25. The monoisotopic (exact) mass is 285 g/mol. The number of halogens is 3. The third kappa shape index (κ3) is 3.00. The Morgan fingerprint density at radius 2 is 1.90 bits per heavy atom. The Morgan fingerprint density at radius 3 is 2.50 bits per heavy atom. The molecule has 0 radical (unpaired) electrons. The van der Waals surface area contributed by atoms with Crippen LogP contribution in [0.2, 0.25) is 0 Å². The Hall–Kier alpha value is -1.03. The molecule has 4 heteroatoms. The van der Waals surface area contributed by atoms with Crippen LogP contribution in [0.1, 0.15) is 50.2 Å². The number of alkyl halides is 3. The minimum Gasteiger partial charge on any atom is -0.314 e. The van der Waals surface area contributed by atoms with Crippen molar-refractivity contribution in [2.75, 3.05) is 6.54 Å². The summed E-state index contributed by atoms with van der Waals surface area (Å²) >= 11 is 0. The fourth-order valence-electron chi connectivity index (χ4n) is 3.28. The Morgan fingerprint density at radius 1 is 1.20 bits per heavy atom. The molecule has 0 aromatic heterocycles.